The third-order valence-corrected chi connectivity index (χ3v) is 2.22. The Hall–Kier alpha value is -2.04. The fraction of sp³-hybridized carbons (Fsp3) is 0.429. The van der Waals surface area contributed by atoms with Crippen molar-refractivity contribution in [3.05, 3.63) is 34.9 Å². The molecule has 1 amide bonds. The van der Waals surface area contributed by atoms with Gasteiger partial charge in [0.1, 0.15) is 5.60 Å². The number of carbonyl (C=O) groups is 2. The highest BCUT2D eigenvalue weighted by molar-refractivity contribution is 5.88. The van der Waals surface area contributed by atoms with Crippen LogP contribution in [0.2, 0.25) is 0 Å². The number of carboxylic acid groups (broad SMARTS) is 1. The number of alkyl carbamates (subject to hydrolysis) is 1. The Morgan fingerprint density at radius 1 is 1.26 bits per heavy atom. The van der Waals surface area contributed by atoms with Crippen molar-refractivity contribution in [3.63, 3.8) is 0 Å². The Morgan fingerprint density at radius 2 is 1.89 bits per heavy atom. The number of aryl methyl sites for hydroxylation is 1. The summed E-state index contributed by atoms with van der Waals surface area (Å²) in [6.45, 7) is 7.38. The van der Waals surface area contributed by atoms with E-state index < -0.39 is 17.7 Å². The Bertz CT molecular complexity index is 489. The summed E-state index contributed by atoms with van der Waals surface area (Å²) in [5, 5.41) is 11.5. The quantitative estimate of drug-likeness (QED) is 0.881. The largest absolute Gasteiger partial charge is 0.478 e. The fourth-order valence-electron chi connectivity index (χ4n) is 1.58. The van der Waals surface area contributed by atoms with E-state index in [1.54, 1.807) is 26.8 Å². The zero-order valence-corrected chi connectivity index (χ0v) is 11.6. The molecule has 0 aliphatic rings. The van der Waals surface area contributed by atoms with Crippen molar-refractivity contribution in [2.24, 2.45) is 0 Å². The highest BCUT2D eigenvalue weighted by Gasteiger charge is 2.15. The van der Waals surface area contributed by atoms with Gasteiger partial charge in [-0.2, -0.15) is 0 Å². The van der Waals surface area contributed by atoms with Crippen LogP contribution < -0.4 is 5.32 Å². The topological polar surface area (TPSA) is 75.6 Å². The molecular weight excluding hydrogens is 246 g/mol. The first-order valence-electron chi connectivity index (χ1n) is 5.98. The first kappa shape index (κ1) is 15.0. The third kappa shape index (κ3) is 5.42. The lowest BCUT2D eigenvalue weighted by molar-refractivity contribution is 0.0523. The minimum absolute atomic E-state index is 0.209. The van der Waals surface area contributed by atoms with Gasteiger partial charge < -0.3 is 15.2 Å². The van der Waals surface area contributed by atoms with Gasteiger partial charge in [0.25, 0.3) is 0 Å². The average molecular weight is 265 g/mol. The van der Waals surface area contributed by atoms with Gasteiger partial charge >= 0.3 is 12.1 Å². The summed E-state index contributed by atoms with van der Waals surface area (Å²) < 4.78 is 5.10. The molecule has 0 spiro atoms. The molecule has 0 aromatic heterocycles. The smallest absolute Gasteiger partial charge is 0.407 e. The van der Waals surface area contributed by atoms with Crippen LogP contribution in [0, 0.1) is 6.92 Å². The zero-order valence-electron chi connectivity index (χ0n) is 11.6. The second-order valence-corrected chi connectivity index (χ2v) is 5.37. The molecule has 1 aromatic rings. The molecule has 5 heteroatoms. The Morgan fingerprint density at radius 3 is 2.42 bits per heavy atom. The number of amides is 1. The summed E-state index contributed by atoms with van der Waals surface area (Å²) in [7, 11) is 0. The molecule has 0 atom stereocenters. The van der Waals surface area contributed by atoms with Crippen LogP contribution in [-0.2, 0) is 11.3 Å². The van der Waals surface area contributed by atoms with Crippen LogP contribution in [-0.4, -0.2) is 22.8 Å². The van der Waals surface area contributed by atoms with Gasteiger partial charge in [0.2, 0.25) is 0 Å². The number of ether oxygens (including phenoxy) is 1. The molecule has 0 aliphatic carbocycles. The van der Waals surface area contributed by atoms with Gasteiger partial charge in [-0.15, -0.1) is 0 Å². The number of hydrogen-bond acceptors (Lipinski definition) is 3. The summed E-state index contributed by atoms with van der Waals surface area (Å²) in [6, 6.07) is 4.94. The summed E-state index contributed by atoms with van der Waals surface area (Å²) in [5.74, 6) is -0.984. The van der Waals surface area contributed by atoms with Crippen LogP contribution in [0.15, 0.2) is 18.2 Å². The van der Waals surface area contributed by atoms with Gasteiger partial charge in [-0.1, -0.05) is 6.07 Å². The molecule has 1 rings (SSSR count). The van der Waals surface area contributed by atoms with Crippen molar-refractivity contribution in [2.45, 2.75) is 39.8 Å². The summed E-state index contributed by atoms with van der Waals surface area (Å²) in [5.41, 5.74) is 1.22. The van der Waals surface area contributed by atoms with Crippen LogP contribution in [0.5, 0.6) is 0 Å². The summed E-state index contributed by atoms with van der Waals surface area (Å²) in [4.78, 5) is 22.4. The molecule has 104 valence electrons. The second kappa shape index (κ2) is 5.73. The second-order valence-electron chi connectivity index (χ2n) is 5.37. The molecule has 0 saturated heterocycles. The Kier molecular flexibility index (Phi) is 4.53. The monoisotopic (exact) mass is 265 g/mol. The van der Waals surface area contributed by atoms with Crippen molar-refractivity contribution in [1.82, 2.24) is 5.32 Å². The maximum absolute atomic E-state index is 11.5. The normalized spacial score (nSPS) is 10.9. The molecule has 19 heavy (non-hydrogen) atoms. The van der Waals surface area contributed by atoms with Crippen LogP contribution in [0.3, 0.4) is 0 Å². The SMILES string of the molecule is Cc1cc(CNC(=O)OC(C)(C)C)cc(C(=O)O)c1. The number of rotatable bonds is 3. The van der Waals surface area contributed by atoms with E-state index in [1.807, 2.05) is 13.0 Å². The van der Waals surface area contributed by atoms with Crippen LogP contribution in [0.25, 0.3) is 0 Å². The molecule has 2 N–H and O–H groups in total. The van der Waals surface area contributed by atoms with E-state index in [4.69, 9.17) is 9.84 Å². The van der Waals surface area contributed by atoms with Crippen molar-refractivity contribution in [3.8, 4) is 0 Å². The molecule has 0 radical (unpaired) electrons. The highest BCUT2D eigenvalue weighted by atomic mass is 16.6. The number of aromatic carboxylic acids is 1. The van der Waals surface area contributed by atoms with E-state index in [-0.39, 0.29) is 12.1 Å². The number of carboxylic acids is 1. The first-order valence-corrected chi connectivity index (χ1v) is 5.98. The van der Waals surface area contributed by atoms with Crippen molar-refractivity contribution in [1.29, 1.82) is 0 Å². The van der Waals surface area contributed by atoms with E-state index in [2.05, 4.69) is 5.32 Å². The van der Waals surface area contributed by atoms with E-state index in [1.165, 1.54) is 6.07 Å². The molecule has 0 aliphatic heterocycles. The van der Waals surface area contributed by atoms with Crippen LogP contribution in [0.1, 0.15) is 42.3 Å². The first-order chi connectivity index (χ1) is 8.67. The minimum Gasteiger partial charge on any atom is -0.478 e. The van der Waals surface area contributed by atoms with Gasteiger partial charge in [-0.25, -0.2) is 9.59 Å². The number of hydrogen-bond donors (Lipinski definition) is 2. The highest BCUT2D eigenvalue weighted by Crippen LogP contribution is 2.11. The van der Waals surface area contributed by atoms with Crippen molar-refractivity contribution in [2.75, 3.05) is 0 Å². The summed E-state index contributed by atoms with van der Waals surface area (Å²) in [6.07, 6.45) is -0.522. The standard InChI is InChI=1S/C14H19NO4/c1-9-5-10(7-11(6-9)12(16)17)8-15-13(18)19-14(2,3)4/h5-7H,8H2,1-4H3,(H,15,18)(H,16,17). The average Bonchev–Trinajstić information content (AvgIpc) is 2.23. The molecule has 0 fully saturated rings. The van der Waals surface area contributed by atoms with Crippen LogP contribution >= 0.6 is 0 Å². The minimum atomic E-state index is -0.984. The van der Waals surface area contributed by atoms with Crippen LogP contribution in [0.4, 0.5) is 4.79 Å². The lowest BCUT2D eigenvalue weighted by Crippen LogP contribution is -2.32. The zero-order chi connectivity index (χ0) is 14.6. The van der Waals surface area contributed by atoms with E-state index in [0.29, 0.717) is 0 Å². The van der Waals surface area contributed by atoms with Crippen molar-refractivity contribution >= 4 is 12.1 Å². The van der Waals surface area contributed by atoms with Gasteiger partial charge in [0, 0.05) is 6.54 Å². The number of nitrogens with one attached hydrogen (secondary N) is 1. The lowest BCUT2D eigenvalue weighted by Gasteiger charge is -2.19. The third-order valence-electron chi connectivity index (χ3n) is 2.22. The van der Waals surface area contributed by atoms with E-state index >= 15 is 0 Å². The molecule has 0 unspecified atom stereocenters. The predicted molar refractivity (Wildman–Crippen MR) is 71.2 cm³/mol. The van der Waals surface area contributed by atoms with E-state index in [9.17, 15) is 9.59 Å². The van der Waals surface area contributed by atoms with Gasteiger partial charge in [0.05, 0.1) is 5.56 Å². The molecule has 5 nitrogen and oxygen atoms in total. The number of carbonyl (C=O) groups excluding carboxylic acids is 1. The Balaban J connectivity index is 2.68. The van der Waals surface area contributed by atoms with Gasteiger partial charge in [-0.05, 0) is 51.0 Å². The maximum Gasteiger partial charge on any atom is 0.407 e. The van der Waals surface area contributed by atoms with Gasteiger partial charge in [0.15, 0.2) is 0 Å². The molecule has 0 saturated carbocycles. The number of benzene rings is 1. The lowest BCUT2D eigenvalue weighted by atomic mass is 10.1. The maximum atomic E-state index is 11.5. The Labute approximate surface area is 112 Å². The fourth-order valence-corrected chi connectivity index (χ4v) is 1.58. The molecule has 0 bridgehead atoms. The molecule has 1 aromatic carbocycles. The van der Waals surface area contributed by atoms with Gasteiger partial charge in [-0.3, -0.25) is 0 Å². The molecule has 0 heterocycles. The van der Waals surface area contributed by atoms with Crippen molar-refractivity contribution < 1.29 is 19.4 Å². The summed E-state index contributed by atoms with van der Waals surface area (Å²) >= 11 is 0. The molecular formula is C14H19NO4. The van der Waals surface area contributed by atoms with E-state index in [0.717, 1.165) is 11.1 Å². The predicted octanol–water partition coefficient (Wildman–Crippen LogP) is 2.72.